The highest BCUT2D eigenvalue weighted by Gasteiger charge is 2.38. The number of benzene rings is 12. The molecule has 1 nitrogen and oxygen atoms in total. The average molecular weight is 932 g/mol. The van der Waals surface area contributed by atoms with Crippen molar-refractivity contribution in [2.75, 3.05) is 4.90 Å². The van der Waals surface area contributed by atoms with Crippen LogP contribution in [0.1, 0.15) is 49.9 Å². The maximum absolute atomic E-state index is 2.47. The molecular formula is C72H53N. The Kier molecular flexibility index (Phi) is 9.66. The van der Waals surface area contributed by atoms with Gasteiger partial charge < -0.3 is 4.90 Å². The summed E-state index contributed by atoms with van der Waals surface area (Å²) >= 11 is 0. The minimum Gasteiger partial charge on any atom is -0.310 e. The molecule has 0 bridgehead atoms. The molecule has 0 saturated heterocycles. The molecule has 0 fully saturated rings. The van der Waals surface area contributed by atoms with Crippen molar-refractivity contribution < 1.29 is 0 Å². The molecule has 2 aliphatic rings. The van der Waals surface area contributed by atoms with Crippen molar-refractivity contribution in [3.63, 3.8) is 0 Å². The molecule has 0 atom stereocenters. The fourth-order valence-corrected chi connectivity index (χ4v) is 12.8. The second-order valence-corrected chi connectivity index (χ2v) is 21.2. The van der Waals surface area contributed by atoms with Gasteiger partial charge in [0, 0.05) is 27.9 Å². The van der Waals surface area contributed by atoms with Crippen molar-refractivity contribution in [1.29, 1.82) is 0 Å². The van der Waals surface area contributed by atoms with Gasteiger partial charge in [-0.3, -0.25) is 0 Å². The van der Waals surface area contributed by atoms with Crippen LogP contribution in [0.2, 0.25) is 0 Å². The van der Waals surface area contributed by atoms with Gasteiger partial charge in [-0.1, -0.05) is 228 Å². The van der Waals surface area contributed by atoms with Crippen molar-refractivity contribution in [2.45, 2.75) is 38.5 Å². The molecule has 12 aromatic rings. The van der Waals surface area contributed by atoms with Crippen molar-refractivity contribution >= 4 is 49.4 Å². The van der Waals surface area contributed by atoms with Gasteiger partial charge in [-0.2, -0.15) is 0 Å². The van der Waals surface area contributed by atoms with Gasteiger partial charge >= 0.3 is 0 Å². The zero-order valence-corrected chi connectivity index (χ0v) is 41.6. The standard InChI is InChI=1S/C72H53N/c1-71(2)64-30-18-16-27-55(64)57-40-37-52(43-66(57)71)73(53-38-41-58-56-28-17-19-31-65(56)72(3,4)67(58)44-53)51-35-32-46(33-36-51)50-34-39-60-63(42-50)54-26-14-15-29-59(54)69-62(48-22-10-6-11-23-48)45-61(47-20-8-5-9-21-47)68(70(60)69)49-24-12-7-13-25-49/h5-45H,1-4H3. The van der Waals surface area contributed by atoms with E-state index in [0.29, 0.717) is 0 Å². The van der Waals surface area contributed by atoms with E-state index in [0.717, 1.165) is 17.1 Å². The van der Waals surface area contributed by atoms with Gasteiger partial charge in [-0.15, -0.1) is 0 Å². The summed E-state index contributed by atoms with van der Waals surface area (Å²) in [6, 6.07) is 92.9. The quantitative estimate of drug-likeness (QED) is 0.144. The number of rotatable bonds is 7. The van der Waals surface area contributed by atoms with Crippen LogP contribution >= 0.6 is 0 Å². The highest BCUT2D eigenvalue weighted by molar-refractivity contribution is 6.33. The van der Waals surface area contributed by atoms with E-state index < -0.39 is 0 Å². The highest BCUT2D eigenvalue weighted by Crippen LogP contribution is 2.54. The summed E-state index contributed by atoms with van der Waals surface area (Å²) < 4.78 is 0. The van der Waals surface area contributed by atoms with Crippen molar-refractivity contribution in [3.05, 3.63) is 271 Å². The Balaban J connectivity index is 0.955. The lowest BCUT2D eigenvalue weighted by Gasteiger charge is -2.30. The Labute approximate surface area is 428 Å². The lowest BCUT2D eigenvalue weighted by atomic mass is 9.81. The number of nitrogens with zero attached hydrogens (tertiary/aromatic N) is 1. The summed E-state index contributed by atoms with van der Waals surface area (Å²) in [4.78, 5) is 2.47. The second-order valence-electron chi connectivity index (χ2n) is 21.2. The summed E-state index contributed by atoms with van der Waals surface area (Å²) in [6.07, 6.45) is 0. The number of hydrogen-bond acceptors (Lipinski definition) is 1. The van der Waals surface area contributed by atoms with Crippen LogP contribution in [-0.2, 0) is 10.8 Å². The van der Waals surface area contributed by atoms with Crippen molar-refractivity contribution in [1.82, 2.24) is 0 Å². The molecule has 0 radical (unpaired) electrons. The topological polar surface area (TPSA) is 3.24 Å². The third-order valence-electron chi connectivity index (χ3n) is 16.4. The number of fused-ring (bicyclic) bond motifs is 12. The third-order valence-corrected chi connectivity index (χ3v) is 16.4. The van der Waals surface area contributed by atoms with Gasteiger partial charge in [0.2, 0.25) is 0 Å². The Morgan fingerprint density at radius 1 is 0.247 bits per heavy atom. The van der Waals surface area contributed by atoms with Crippen LogP contribution in [0.15, 0.2) is 249 Å². The van der Waals surface area contributed by atoms with Gasteiger partial charge in [-0.25, -0.2) is 0 Å². The number of anilines is 3. The van der Waals surface area contributed by atoms with E-state index in [9.17, 15) is 0 Å². The molecule has 0 saturated carbocycles. The lowest BCUT2D eigenvalue weighted by Crippen LogP contribution is -2.18. The van der Waals surface area contributed by atoms with E-state index in [1.165, 1.54) is 121 Å². The summed E-state index contributed by atoms with van der Waals surface area (Å²) in [5, 5.41) is 7.56. The van der Waals surface area contributed by atoms with E-state index in [4.69, 9.17) is 0 Å². The highest BCUT2D eigenvalue weighted by atomic mass is 15.1. The molecular weight excluding hydrogens is 879 g/mol. The first-order valence-electron chi connectivity index (χ1n) is 25.7. The summed E-state index contributed by atoms with van der Waals surface area (Å²) in [7, 11) is 0. The average Bonchev–Trinajstić information content (AvgIpc) is 3.83. The van der Waals surface area contributed by atoms with Gasteiger partial charge in [0.05, 0.1) is 0 Å². The third kappa shape index (κ3) is 6.62. The first-order valence-corrected chi connectivity index (χ1v) is 25.7. The summed E-state index contributed by atoms with van der Waals surface area (Å²) in [5.74, 6) is 0. The zero-order chi connectivity index (χ0) is 49.0. The molecule has 2 aliphatic carbocycles. The number of hydrogen-bond donors (Lipinski definition) is 0. The maximum atomic E-state index is 2.47. The fourth-order valence-electron chi connectivity index (χ4n) is 12.8. The molecule has 1 heteroatoms. The molecule has 0 heterocycles. The molecule has 0 N–H and O–H groups in total. The van der Waals surface area contributed by atoms with E-state index in [2.05, 4.69) is 281 Å². The van der Waals surface area contributed by atoms with Crippen LogP contribution in [-0.4, -0.2) is 0 Å². The van der Waals surface area contributed by atoms with Crippen LogP contribution in [0.5, 0.6) is 0 Å². The maximum Gasteiger partial charge on any atom is 0.0465 e. The largest absolute Gasteiger partial charge is 0.310 e. The predicted octanol–water partition coefficient (Wildman–Crippen LogP) is 19.9. The molecule has 0 unspecified atom stereocenters. The van der Waals surface area contributed by atoms with Crippen LogP contribution in [0, 0.1) is 0 Å². The fraction of sp³-hybridized carbons (Fsp3) is 0.0833. The lowest BCUT2D eigenvalue weighted by molar-refractivity contribution is 0.660. The molecule has 0 aliphatic heterocycles. The van der Waals surface area contributed by atoms with E-state index >= 15 is 0 Å². The summed E-state index contributed by atoms with van der Waals surface area (Å²) in [5.41, 5.74) is 23.7. The van der Waals surface area contributed by atoms with Crippen molar-refractivity contribution in [2.24, 2.45) is 0 Å². The molecule has 73 heavy (non-hydrogen) atoms. The molecule has 0 spiro atoms. The zero-order valence-electron chi connectivity index (χ0n) is 41.6. The van der Waals surface area contributed by atoms with Gasteiger partial charge in [-0.05, 0) is 170 Å². The Bertz CT molecular complexity index is 4060. The van der Waals surface area contributed by atoms with E-state index in [1.54, 1.807) is 0 Å². The van der Waals surface area contributed by atoms with Gasteiger partial charge in [0.25, 0.3) is 0 Å². The second kappa shape index (κ2) is 16.4. The molecule has 346 valence electrons. The monoisotopic (exact) mass is 931 g/mol. The molecule has 12 aromatic carbocycles. The van der Waals surface area contributed by atoms with Crippen LogP contribution < -0.4 is 4.90 Å². The Hall–Kier alpha value is -8.78. The Morgan fingerprint density at radius 2 is 0.685 bits per heavy atom. The summed E-state index contributed by atoms with van der Waals surface area (Å²) in [6.45, 7) is 9.49. The predicted molar refractivity (Wildman–Crippen MR) is 311 cm³/mol. The molecule has 0 amide bonds. The smallest absolute Gasteiger partial charge is 0.0465 e. The van der Waals surface area contributed by atoms with Crippen LogP contribution in [0.4, 0.5) is 17.1 Å². The normalized spacial score (nSPS) is 13.7. The minimum atomic E-state index is -0.126. The SMILES string of the molecule is CC1(C)c2ccccc2-c2ccc(N(c3ccc(-c4ccc5c(c4)c4ccccc4c4c(-c6ccccc6)cc(-c6ccccc6)c(-c6ccccc6)c54)cc3)c3ccc4c(c3)C(C)(C)c3ccccc3-4)cc21. The van der Waals surface area contributed by atoms with Crippen molar-refractivity contribution in [3.8, 4) is 66.8 Å². The van der Waals surface area contributed by atoms with Gasteiger partial charge in [0.1, 0.15) is 0 Å². The van der Waals surface area contributed by atoms with Gasteiger partial charge in [0.15, 0.2) is 0 Å². The van der Waals surface area contributed by atoms with Crippen LogP contribution in [0.25, 0.3) is 99.1 Å². The first kappa shape index (κ1) is 43.0. The van der Waals surface area contributed by atoms with Crippen LogP contribution in [0.3, 0.4) is 0 Å². The Morgan fingerprint density at radius 3 is 1.26 bits per heavy atom. The molecule has 14 rings (SSSR count). The van der Waals surface area contributed by atoms with E-state index in [1.807, 2.05) is 0 Å². The molecule has 0 aromatic heterocycles. The van der Waals surface area contributed by atoms with E-state index in [-0.39, 0.29) is 10.8 Å². The first-order chi connectivity index (χ1) is 35.7. The minimum absolute atomic E-state index is 0.126.